The summed E-state index contributed by atoms with van der Waals surface area (Å²) in [5, 5.41) is 6.91. The van der Waals surface area contributed by atoms with Crippen molar-refractivity contribution in [2.75, 3.05) is 16.4 Å². The lowest BCUT2D eigenvalue weighted by Crippen LogP contribution is -2.19. The fourth-order valence-electron chi connectivity index (χ4n) is 1.92. The first-order valence-electron chi connectivity index (χ1n) is 6.89. The zero-order valence-electron chi connectivity index (χ0n) is 12.6. The quantitative estimate of drug-likeness (QED) is 0.569. The van der Waals surface area contributed by atoms with Crippen molar-refractivity contribution in [3.8, 4) is 0 Å². The third kappa shape index (κ3) is 4.46. The number of thiocarbonyl (C=S) groups is 1. The van der Waals surface area contributed by atoms with Gasteiger partial charge in [0.05, 0.1) is 0 Å². The molecule has 4 heteroatoms. The van der Waals surface area contributed by atoms with E-state index in [4.69, 9.17) is 18.0 Å². The molecule has 0 bridgehead atoms. The standard InChI is InChI=1S/C17H21N3S/c1-17(2,3)12-5-4-6-15(11-12)20-16(21)19-14-9-7-13(18)8-10-14/h4-11H,18H2,1-3H3,(H2,19,20,21). The Labute approximate surface area is 131 Å². The summed E-state index contributed by atoms with van der Waals surface area (Å²) >= 11 is 5.33. The van der Waals surface area contributed by atoms with Crippen LogP contribution in [0.3, 0.4) is 0 Å². The first kappa shape index (κ1) is 15.3. The van der Waals surface area contributed by atoms with Crippen LogP contribution in [0.1, 0.15) is 26.3 Å². The maximum Gasteiger partial charge on any atom is 0.175 e. The van der Waals surface area contributed by atoms with Crippen molar-refractivity contribution >= 4 is 34.4 Å². The second kappa shape index (κ2) is 6.14. The van der Waals surface area contributed by atoms with Crippen molar-refractivity contribution in [2.45, 2.75) is 26.2 Å². The van der Waals surface area contributed by atoms with Crippen LogP contribution in [0.25, 0.3) is 0 Å². The maximum atomic E-state index is 5.66. The minimum atomic E-state index is 0.115. The molecule has 0 aliphatic heterocycles. The normalized spacial score (nSPS) is 11.0. The average Bonchev–Trinajstić information content (AvgIpc) is 2.41. The van der Waals surface area contributed by atoms with E-state index in [1.54, 1.807) is 0 Å². The second-order valence-corrected chi connectivity index (χ2v) is 6.44. The van der Waals surface area contributed by atoms with E-state index in [2.05, 4.69) is 43.5 Å². The van der Waals surface area contributed by atoms with Gasteiger partial charge in [0.2, 0.25) is 0 Å². The molecule has 0 spiro atoms. The lowest BCUT2D eigenvalue weighted by molar-refractivity contribution is 0.590. The average molecular weight is 299 g/mol. The molecule has 2 aromatic rings. The van der Waals surface area contributed by atoms with Crippen LogP contribution in [0.4, 0.5) is 17.1 Å². The van der Waals surface area contributed by atoms with Crippen molar-refractivity contribution in [3.05, 3.63) is 54.1 Å². The Hall–Kier alpha value is -2.07. The van der Waals surface area contributed by atoms with E-state index >= 15 is 0 Å². The number of nitrogen functional groups attached to an aromatic ring is 1. The Morgan fingerprint density at radius 3 is 2.19 bits per heavy atom. The molecule has 110 valence electrons. The van der Waals surface area contributed by atoms with E-state index in [9.17, 15) is 0 Å². The zero-order chi connectivity index (χ0) is 15.5. The van der Waals surface area contributed by atoms with Gasteiger partial charge in [0, 0.05) is 17.1 Å². The maximum absolute atomic E-state index is 5.66. The molecule has 0 aromatic heterocycles. The van der Waals surface area contributed by atoms with Crippen LogP contribution in [-0.2, 0) is 5.41 Å². The number of rotatable bonds is 2. The van der Waals surface area contributed by atoms with Crippen molar-refractivity contribution in [1.82, 2.24) is 0 Å². The fraction of sp³-hybridized carbons (Fsp3) is 0.235. The molecule has 2 rings (SSSR count). The molecule has 3 nitrogen and oxygen atoms in total. The van der Waals surface area contributed by atoms with E-state index in [1.807, 2.05) is 36.4 Å². The second-order valence-electron chi connectivity index (χ2n) is 6.03. The summed E-state index contributed by atoms with van der Waals surface area (Å²) in [4.78, 5) is 0. The summed E-state index contributed by atoms with van der Waals surface area (Å²) < 4.78 is 0. The molecule has 21 heavy (non-hydrogen) atoms. The van der Waals surface area contributed by atoms with Gasteiger partial charge >= 0.3 is 0 Å². The Kier molecular flexibility index (Phi) is 4.48. The molecule has 0 radical (unpaired) electrons. The van der Waals surface area contributed by atoms with Crippen LogP contribution in [0.2, 0.25) is 0 Å². The van der Waals surface area contributed by atoms with Gasteiger partial charge in [-0.1, -0.05) is 32.9 Å². The highest BCUT2D eigenvalue weighted by Crippen LogP contribution is 2.24. The first-order valence-corrected chi connectivity index (χ1v) is 7.29. The fourth-order valence-corrected chi connectivity index (χ4v) is 2.16. The molecule has 0 unspecified atom stereocenters. The Bertz CT molecular complexity index is 627. The monoisotopic (exact) mass is 299 g/mol. The predicted molar refractivity (Wildman–Crippen MR) is 95.8 cm³/mol. The van der Waals surface area contributed by atoms with Gasteiger partial charge in [-0.15, -0.1) is 0 Å². The lowest BCUT2D eigenvalue weighted by Gasteiger charge is -2.20. The van der Waals surface area contributed by atoms with Gasteiger partial charge in [0.15, 0.2) is 5.11 Å². The van der Waals surface area contributed by atoms with Gasteiger partial charge in [0.25, 0.3) is 0 Å². The SMILES string of the molecule is CC(C)(C)c1cccc(NC(=S)Nc2ccc(N)cc2)c1. The molecule has 0 saturated carbocycles. The first-order chi connectivity index (χ1) is 9.84. The highest BCUT2D eigenvalue weighted by atomic mass is 32.1. The highest BCUT2D eigenvalue weighted by molar-refractivity contribution is 7.80. The highest BCUT2D eigenvalue weighted by Gasteiger charge is 2.13. The number of hydrogen-bond acceptors (Lipinski definition) is 2. The van der Waals surface area contributed by atoms with Crippen LogP contribution in [-0.4, -0.2) is 5.11 Å². The van der Waals surface area contributed by atoms with E-state index in [-0.39, 0.29) is 5.41 Å². The lowest BCUT2D eigenvalue weighted by atomic mass is 9.87. The summed E-state index contributed by atoms with van der Waals surface area (Å²) in [6.07, 6.45) is 0. The summed E-state index contributed by atoms with van der Waals surface area (Å²) in [5.74, 6) is 0. The number of nitrogens with one attached hydrogen (secondary N) is 2. The summed E-state index contributed by atoms with van der Waals surface area (Å²) in [7, 11) is 0. The van der Waals surface area contributed by atoms with E-state index < -0.39 is 0 Å². The molecule has 2 aromatic carbocycles. The van der Waals surface area contributed by atoms with Crippen LogP contribution < -0.4 is 16.4 Å². The summed E-state index contributed by atoms with van der Waals surface area (Å²) in [5.41, 5.74) is 9.67. The number of benzene rings is 2. The van der Waals surface area contributed by atoms with Crippen molar-refractivity contribution in [1.29, 1.82) is 0 Å². The van der Waals surface area contributed by atoms with Gasteiger partial charge in [-0.2, -0.15) is 0 Å². The van der Waals surface area contributed by atoms with Gasteiger partial charge in [-0.25, -0.2) is 0 Å². The molecule has 0 fully saturated rings. The number of anilines is 3. The van der Waals surface area contributed by atoms with Gasteiger partial charge in [-0.05, 0) is 59.6 Å². The molecule has 0 amide bonds. The van der Waals surface area contributed by atoms with Crippen molar-refractivity contribution < 1.29 is 0 Å². The Morgan fingerprint density at radius 2 is 1.57 bits per heavy atom. The van der Waals surface area contributed by atoms with Crippen LogP contribution in [0, 0.1) is 0 Å². The van der Waals surface area contributed by atoms with Gasteiger partial charge in [-0.3, -0.25) is 0 Å². The third-order valence-corrected chi connectivity index (χ3v) is 3.36. The molecular formula is C17H21N3S. The van der Waals surface area contributed by atoms with Crippen LogP contribution in [0.5, 0.6) is 0 Å². The van der Waals surface area contributed by atoms with Gasteiger partial charge < -0.3 is 16.4 Å². The van der Waals surface area contributed by atoms with Crippen molar-refractivity contribution in [2.24, 2.45) is 0 Å². The summed E-state index contributed by atoms with van der Waals surface area (Å²) in [6, 6.07) is 15.8. The smallest absolute Gasteiger partial charge is 0.175 e. The predicted octanol–water partition coefficient (Wildman–Crippen LogP) is 4.38. The minimum Gasteiger partial charge on any atom is -0.399 e. The van der Waals surface area contributed by atoms with E-state index in [0.29, 0.717) is 5.11 Å². The molecule has 0 aliphatic carbocycles. The van der Waals surface area contributed by atoms with E-state index in [1.165, 1.54) is 5.56 Å². The molecule has 4 N–H and O–H groups in total. The van der Waals surface area contributed by atoms with Crippen molar-refractivity contribution in [3.63, 3.8) is 0 Å². The largest absolute Gasteiger partial charge is 0.399 e. The molecule has 0 aliphatic rings. The number of nitrogens with two attached hydrogens (primary N) is 1. The summed E-state index contributed by atoms with van der Waals surface area (Å²) in [6.45, 7) is 6.57. The van der Waals surface area contributed by atoms with Crippen LogP contribution in [0.15, 0.2) is 48.5 Å². The minimum absolute atomic E-state index is 0.115. The molecular weight excluding hydrogens is 278 g/mol. The molecule has 0 saturated heterocycles. The molecule has 0 heterocycles. The third-order valence-electron chi connectivity index (χ3n) is 3.16. The molecule has 0 atom stereocenters. The Balaban J connectivity index is 2.04. The number of hydrogen-bond donors (Lipinski definition) is 3. The topological polar surface area (TPSA) is 50.1 Å². The van der Waals surface area contributed by atoms with Gasteiger partial charge in [0.1, 0.15) is 0 Å². The Morgan fingerprint density at radius 1 is 0.952 bits per heavy atom. The van der Waals surface area contributed by atoms with Crippen LogP contribution >= 0.6 is 12.2 Å². The zero-order valence-corrected chi connectivity index (χ0v) is 13.4. The van der Waals surface area contributed by atoms with E-state index in [0.717, 1.165) is 17.1 Å².